The molecular weight excluding hydrogens is 424 g/mol. The molecule has 1 aliphatic carbocycles. The summed E-state index contributed by atoms with van der Waals surface area (Å²) in [6, 6.07) is 3.54. The molecule has 1 aliphatic rings. The fourth-order valence-corrected chi connectivity index (χ4v) is 4.43. The summed E-state index contributed by atoms with van der Waals surface area (Å²) in [5.74, 6) is 0.124. The Kier molecular flexibility index (Phi) is 6.29. The summed E-state index contributed by atoms with van der Waals surface area (Å²) < 4.78 is 20.3. The van der Waals surface area contributed by atoms with Crippen LogP contribution in [0.15, 0.2) is 36.9 Å². The Bertz CT molecular complexity index is 1070. The first-order chi connectivity index (χ1) is 14.6. The minimum atomic E-state index is -1.07. The second-order valence-electron chi connectivity index (χ2n) is 6.52. The van der Waals surface area contributed by atoms with Crippen LogP contribution in [0.5, 0.6) is 5.88 Å². The van der Waals surface area contributed by atoms with E-state index in [1.807, 2.05) is 6.92 Å². The molecule has 11 heteroatoms. The molecular formula is C19H20N6O3S2. The van der Waals surface area contributed by atoms with Crippen LogP contribution in [0.4, 0.5) is 5.69 Å². The number of thiazole rings is 1. The van der Waals surface area contributed by atoms with E-state index in [1.165, 1.54) is 17.5 Å². The third-order valence-electron chi connectivity index (χ3n) is 4.15. The van der Waals surface area contributed by atoms with Crippen LogP contribution in [-0.4, -0.2) is 41.9 Å². The minimum Gasteiger partial charge on any atom is -0.477 e. The molecule has 0 spiro atoms. The van der Waals surface area contributed by atoms with Crippen LogP contribution in [0.25, 0.3) is 10.6 Å². The highest BCUT2D eigenvalue weighted by molar-refractivity contribution is 7.87. The summed E-state index contributed by atoms with van der Waals surface area (Å²) in [6.45, 7) is 2.60. The molecule has 1 amide bonds. The van der Waals surface area contributed by atoms with Crippen molar-refractivity contribution < 1.29 is 13.7 Å². The smallest absolute Gasteiger partial charge is 0.280 e. The van der Waals surface area contributed by atoms with Crippen molar-refractivity contribution in [3.05, 3.63) is 47.6 Å². The number of amides is 1. The highest BCUT2D eigenvalue weighted by Crippen LogP contribution is 2.27. The summed E-state index contributed by atoms with van der Waals surface area (Å²) >= 11 is 1.22. The minimum absolute atomic E-state index is 0.235. The number of rotatable bonds is 9. The van der Waals surface area contributed by atoms with E-state index >= 15 is 0 Å². The van der Waals surface area contributed by atoms with Crippen LogP contribution in [0.3, 0.4) is 0 Å². The van der Waals surface area contributed by atoms with E-state index in [4.69, 9.17) is 4.74 Å². The van der Waals surface area contributed by atoms with E-state index in [1.54, 1.807) is 30.7 Å². The molecule has 0 saturated heterocycles. The molecule has 0 aromatic carbocycles. The summed E-state index contributed by atoms with van der Waals surface area (Å²) in [5.41, 5.74) is 1.98. The summed E-state index contributed by atoms with van der Waals surface area (Å²) in [7, 11) is -1.07. The SMILES string of the molecule is CCOc1cncc(-c2cnc(C(=O)NCc3cc(NS(=O)C4CC4)ccn3)s2)n1. The molecule has 30 heavy (non-hydrogen) atoms. The molecule has 156 valence electrons. The van der Waals surface area contributed by atoms with Crippen LogP contribution in [0.1, 0.15) is 35.3 Å². The fraction of sp³-hybridized carbons (Fsp3) is 0.316. The molecule has 0 aliphatic heterocycles. The lowest BCUT2D eigenvalue weighted by molar-refractivity contribution is 0.0950. The predicted molar refractivity (Wildman–Crippen MR) is 115 cm³/mol. The molecule has 9 nitrogen and oxygen atoms in total. The maximum Gasteiger partial charge on any atom is 0.280 e. The van der Waals surface area contributed by atoms with E-state index in [2.05, 4.69) is 30.0 Å². The van der Waals surface area contributed by atoms with Crippen molar-refractivity contribution in [2.24, 2.45) is 0 Å². The Morgan fingerprint density at radius 1 is 1.30 bits per heavy atom. The van der Waals surface area contributed by atoms with Gasteiger partial charge in [0.25, 0.3) is 5.91 Å². The van der Waals surface area contributed by atoms with E-state index in [-0.39, 0.29) is 17.7 Å². The maximum absolute atomic E-state index is 12.5. The zero-order chi connectivity index (χ0) is 20.9. The number of carbonyl (C=O) groups excluding carboxylic acids is 1. The van der Waals surface area contributed by atoms with E-state index in [0.29, 0.717) is 28.9 Å². The van der Waals surface area contributed by atoms with Gasteiger partial charge in [-0.1, -0.05) is 0 Å². The molecule has 3 aromatic rings. The highest BCUT2D eigenvalue weighted by atomic mass is 32.2. The van der Waals surface area contributed by atoms with Crippen LogP contribution < -0.4 is 14.8 Å². The highest BCUT2D eigenvalue weighted by Gasteiger charge is 2.28. The van der Waals surface area contributed by atoms with Crippen LogP contribution in [-0.2, 0) is 17.5 Å². The average Bonchev–Trinajstić information content (AvgIpc) is 3.49. The Morgan fingerprint density at radius 2 is 2.17 bits per heavy atom. The largest absolute Gasteiger partial charge is 0.477 e. The molecule has 1 atom stereocenters. The second-order valence-corrected chi connectivity index (χ2v) is 9.02. The number of pyridine rings is 1. The molecule has 2 N–H and O–H groups in total. The number of ether oxygens (including phenoxy) is 1. The average molecular weight is 445 g/mol. The van der Waals surface area contributed by atoms with Crippen molar-refractivity contribution >= 4 is 33.9 Å². The molecule has 3 heterocycles. The lowest BCUT2D eigenvalue weighted by atomic mass is 10.3. The van der Waals surface area contributed by atoms with Gasteiger partial charge < -0.3 is 14.8 Å². The Morgan fingerprint density at radius 3 is 2.97 bits per heavy atom. The van der Waals surface area contributed by atoms with Crippen molar-refractivity contribution in [3.8, 4) is 16.5 Å². The first-order valence-electron chi connectivity index (χ1n) is 9.43. The zero-order valence-electron chi connectivity index (χ0n) is 16.2. The molecule has 3 aromatic heterocycles. The summed E-state index contributed by atoms with van der Waals surface area (Å²) in [6.07, 6.45) is 8.34. The lowest BCUT2D eigenvalue weighted by Crippen LogP contribution is -2.23. The lowest BCUT2D eigenvalue weighted by Gasteiger charge is -2.07. The normalized spacial score (nSPS) is 14.2. The van der Waals surface area contributed by atoms with Gasteiger partial charge in [-0.05, 0) is 31.9 Å². The van der Waals surface area contributed by atoms with E-state index < -0.39 is 11.0 Å². The standard InChI is InChI=1S/C19H20N6O3S2/c1-2-28-17-11-20-9-15(24-17)16-10-23-19(29-16)18(26)22-8-13-7-12(5-6-21-13)25-30(27)14-3-4-14/h5-7,9-11,14H,2-4,8H2,1H3,(H,21,25)(H,22,26). The molecule has 1 saturated carbocycles. The van der Waals surface area contributed by atoms with Gasteiger partial charge in [0.1, 0.15) is 16.7 Å². The quantitative estimate of drug-likeness (QED) is 0.520. The number of hydrogen-bond acceptors (Lipinski definition) is 8. The predicted octanol–water partition coefficient (Wildman–Crippen LogP) is 2.56. The summed E-state index contributed by atoms with van der Waals surface area (Å²) in [5, 5.41) is 3.36. The number of carbonyl (C=O) groups is 1. The molecule has 0 bridgehead atoms. The fourth-order valence-electron chi connectivity index (χ4n) is 2.55. The van der Waals surface area contributed by atoms with Crippen molar-refractivity contribution in [2.75, 3.05) is 11.3 Å². The molecule has 1 unspecified atom stereocenters. The Hall–Kier alpha value is -2.92. The summed E-state index contributed by atoms with van der Waals surface area (Å²) in [4.78, 5) is 30.1. The number of anilines is 1. The second kappa shape index (κ2) is 9.26. The van der Waals surface area contributed by atoms with Gasteiger partial charge in [0.15, 0.2) is 5.01 Å². The maximum atomic E-state index is 12.5. The van der Waals surface area contributed by atoms with Gasteiger partial charge in [0, 0.05) is 18.1 Å². The number of nitrogens with zero attached hydrogens (tertiary/aromatic N) is 4. The van der Waals surface area contributed by atoms with E-state index in [0.717, 1.165) is 23.4 Å². The van der Waals surface area contributed by atoms with Gasteiger partial charge in [-0.25, -0.2) is 14.2 Å². The van der Waals surface area contributed by atoms with Gasteiger partial charge in [0.05, 0.1) is 41.4 Å². The zero-order valence-corrected chi connectivity index (χ0v) is 17.8. The first-order valence-corrected chi connectivity index (χ1v) is 11.5. The topological polar surface area (TPSA) is 119 Å². The Balaban J connectivity index is 1.37. The number of aromatic nitrogens is 4. The molecule has 4 rings (SSSR count). The number of hydrogen-bond donors (Lipinski definition) is 2. The number of nitrogens with one attached hydrogen (secondary N) is 2. The van der Waals surface area contributed by atoms with Crippen molar-refractivity contribution in [1.82, 2.24) is 25.3 Å². The third-order valence-corrected chi connectivity index (χ3v) is 6.68. The Labute approximate surface area is 179 Å². The van der Waals surface area contributed by atoms with Gasteiger partial charge in [0.2, 0.25) is 5.88 Å². The molecule has 0 radical (unpaired) electrons. The van der Waals surface area contributed by atoms with Crippen LogP contribution in [0, 0.1) is 0 Å². The van der Waals surface area contributed by atoms with E-state index in [9.17, 15) is 9.00 Å². The van der Waals surface area contributed by atoms with Crippen molar-refractivity contribution in [2.45, 2.75) is 31.6 Å². The third kappa shape index (κ3) is 5.16. The van der Waals surface area contributed by atoms with Gasteiger partial charge in [-0.2, -0.15) is 0 Å². The van der Waals surface area contributed by atoms with Gasteiger partial charge in [-0.15, -0.1) is 11.3 Å². The monoisotopic (exact) mass is 444 g/mol. The van der Waals surface area contributed by atoms with Gasteiger partial charge in [-0.3, -0.25) is 14.8 Å². The van der Waals surface area contributed by atoms with Crippen molar-refractivity contribution in [3.63, 3.8) is 0 Å². The van der Waals surface area contributed by atoms with Crippen LogP contribution in [0.2, 0.25) is 0 Å². The molecule has 1 fully saturated rings. The van der Waals surface area contributed by atoms with Gasteiger partial charge >= 0.3 is 0 Å². The van der Waals surface area contributed by atoms with Crippen LogP contribution >= 0.6 is 11.3 Å². The first kappa shape index (κ1) is 20.4. The van der Waals surface area contributed by atoms with Crippen molar-refractivity contribution in [1.29, 1.82) is 0 Å².